The van der Waals surface area contributed by atoms with Crippen LogP contribution < -0.4 is 10.0 Å². The van der Waals surface area contributed by atoms with Gasteiger partial charge in [0.25, 0.3) is 5.91 Å². The number of carbonyl (C=O) groups is 1. The Kier molecular flexibility index (Phi) is 6.75. The summed E-state index contributed by atoms with van der Waals surface area (Å²) in [5, 5.41) is 3.17. The second kappa shape index (κ2) is 9.09. The summed E-state index contributed by atoms with van der Waals surface area (Å²) in [6.45, 7) is 6.54. The molecule has 5 nitrogen and oxygen atoms in total. The van der Waals surface area contributed by atoms with Crippen molar-refractivity contribution in [2.45, 2.75) is 57.5 Å². The van der Waals surface area contributed by atoms with E-state index in [0.717, 1.165) is 24.0 Å². The van der Waals surface area contributed by atoms with E-state index in [0.29, 0.717) is 17.4 Å². The van der Waals surface area contributed by atoms with Crippen molar-refractivity contribution in [1.82, 2.24) is 10.0 Å². The van der Waals surface area contributed by atoms with E-state index in [4.69, 9.17) is 0 Å². The topological polar surface area (TPSA) is 75.3 Å². The molecule has 0 saturated heterocycles. The fourth-order valence-electron chi connectivity index (χ4n) is 3.79. The van der Waals surface area contributed by atoms with Crippen molar-refractivity contribution < 1.29 is 13.2 Å². The third kappa shape index (κ3) is 5.46. The molecule has 3 rings (SSSR count). The van der Waals surface area contributed by atoms with E-state index in [1.54, 1.807) is 48.5 Å². The zero-order chi connectivity index (χ0) is 21.0. The zero-order valence-electron chi connectivity index (χ0n) is 17.3. The van der Waals surface area contributed by atoms with Gasteiger partial charge in [-0.3, -0.25) is 4.79 Å². The molecule has 1 amide bonds. The Morgan fingerprint density at radius 3 is 2.31 bits per heavy atom. The number of aryl methyl sites for hydroxylation is 1. The highest BCUT2D eigenvalue weighted by Gasteiger charge is 2.28. The summed E-state index contributed by atoms with van der Waals surface area (Å²) in [7, 11) is -3.56. The molecule has 156 valence electrons. The number of rotatable bonds is 6. The molecule has 0 radical (unpaired) electrons. The summed E-state index contributed by atoms with van der Waals surface area (Å²) in [5.41, 5.74) is 2.41. The van der Waals surface area contributed by atoms with E-state index in [2.05, 4.69) is 23.9 Å². The molecule has 3 atom stereocenters. The molecule has 0 aromatic heterocycles. The van der Waals surface area contributed by atoms with Crippen LogP contribution in [0.3, 0.4) is 0 Å². The molecule has 2 aromatic rings. The van der Waals surface area contributed by atoms with Crippen molar-refractivity contribution in [2.24, 2.45) is 11.8 Å². The molecular formula is C23H30N2O3S. The molecule has 0 aliphatic heterocycles. The first-order valence-electron chi connectivity index (χ1n) is 10.2. The maximum atomic E-state index is 12.6. The van der Waals surface area contributed by atoms with Gasteiger partial charge in [0.2, 0.25) is 10.0 Å². The number of hydrogen-bond acceptors (Lipinski definition) is 3. The average Bonchev–Trinajstić information content (AvgIpc) is 2.70. The molecule has 1 saturated carbocycles. The van der Waals surface area contributed by atoms with Gasteiger partial charge in [0.1, 0.15) is 0 Å². The normalized spacial score (nSPS) is 22.2. The van der Waals surface area contributed by atoms with Crippen molar-refractivity contribution in [3.05, 3.63) is 65.2 Å². The molecule has 2 N–H and O–H groups in total. The van der Waals surface area contributed by atoms with Crippen LogP contribution in [0.1, 0.15) is 54.6 Å². The Morgan fingerprint density at radius 2 is 1.66 bits per heavy atom. The predicted molar refractivity (Wildman–Crippen MR) is 115 cm³/mol. The smallest absolute Gasteiger partial charge is 0.251 e. The van der Waals surface area contributed by atoms with Gasteiger partial charge < -0.3 is 5.32 Å². The van der Waals surface area contributed by atoms with E-state index in [9.17, 15) is 13.2 Å². The van der Waals surface area contributed by atoms with Crippen LogP contribution in [0.5, 0.6) is 0 Å². The van der Waals surface area contributed by atoms with Crippen molar-refractivity contribution in [3.63, 3.8) is 0 Å². The summed E-state index contributed by atoms with van der Waals surface area (Å²) in [6, 6.07) is 14.0. The minimum absolute atomic E-state index is 0.0669. The van der Waals surface area contributed by atoms with Crippen molar-refractivity contribution in [1.29, 1.82) is 0 Å². The van der Waals surface area contributed by atoms with Crippen LogP contribution in [0.2, 0.25) is 0 Å². The van der Waals surface area contributed by atoms with Gasteiger partial charge in [0, 0.05) is 18.2 Å². The number of carbonyl (C=O) groups excluding carboxylic acids is 1. The standard InChI is InChI=1S/C23H30N2O3S/c1-16-7-13-21(14-8-16)29(27,28)24-15-19-9-11-20(12-10-19)23(26)25-22-6-4-5-17(2)18(22)3/h7-14,17-18,22,24H,4-6,15H2,1-3H3,(H,25,26)/t17-,18-,22-/m1/s1. The lowest BCUT2D eigenvalue weighted by Crippen LogP contribution is -2.43. The van der Waals surface area contributed by atoms with Gasteiger partial charge in [0.05, 0.1) is 4.90 Å². The number of amides is 1. The lowest BCUT2D eigenvalue weighted by molar-refractivity contribution is 0.0891. The summed E-state index contributed by atoms with van der Waals surface area (Å²) in [6.07, 6.45) is 3.40. The Bertz CT molecular complexity index is 937. The zero-order valence-corrected chi connectivity index (χ0v) is 18.1. The van der Waals surface area contributed by atoms with Crippen LogP contribution in [-0.2, 0) is 16.6 Å². The van der Waals surface area contributed by atoms with Crippen LogP contribution in [0.4, 0.5) is 0 Å². The van der Waals surface area contributed by atoms with Gasteiger partial charge in [-0.15, -0.1) is 0 Å². The molecule has 29 heavy (non-hydrogen) atoms. The van der Waals surface area contributed by atoms with Gasteiger partial charge in [-0.25, -0.2) is 13.1 Å². The molecule has 0 heterocycles. The summed E-state index contributed by atoms with van der Waals surface area (Å²) in [4.78, 5) is 12.8. The second-order valence-electron chi connectivity index (χ2n) is 8.18. The van der Waals surface area contributed by atoms with Crippen LogP contribution in [0, 0.1) is 18.8 Å². The maximum absolute atomic E-state index is 12.6. The first-order valence-corrected chi connectivity index (χ1v) is 11.7. The van der Waals surface area contributed by atoms with Crippen molar-refractivity contribution in [3.8, 4) is 0 Å². The predicted octanol–water partition coefficient (Wildman–Crippen LogP) is 4.03. The van der Waals surface area contributed by atoms with E-state index in [-0.39, 0.29) is 23.4 Å². The number of hydrogen-bond donors (Lipinski definition) is 2. The van der Waals surface area contributed by atoms with Gasteiger partial charge in [-0.05, 0) is 55.0 Å². The Labute approximate surface area is 174 Å². The van der Waals surface area contributed by atoms with Crippen LogP contribution in [0.15, 0.2) is 53.4 Å². The fourth-order valence-corrected chi connectivity index (χ4v) is 4.81. The minimum Gasteiger partial charge on any atom is -0.349 e. The summed E-state index contributed by atoms with van der Waals surface area (Å²) in [5.74, 6) is 1.03. The highest BCUT2D eigenvalue weighted by Crippen LogP contribution is 2.29. The molecule has 6 heteroatoms. The second-order valence-corrected chi connectivity index (χ2v) is 9.95. The molecule has 1 aliphatic rings. The van der Waals surface area contributed by atoms with E-state index >= 15 is 0 Å². The molecular weight excluding hydrogens is 384 g/mol. The summed E-state index contributed by atoms with van der Waals surface area (Å²) < 4.78 is 27.4. The highest BCUT2D eigenvalue weighted by molar-refractivity contribution is 7.89. The van der Waals surface area contributed by atoms with E-state index < -0.39 is 10.0 Å². The van der Waals surface area contributed by atoms with Gasteiger partial charge >= 0.3 is 0 Å². The van der Waals surface area contributed by atoms with Crippen LogP contribution >= 0.6 is 0 Å². The highest BCUT2D eigenvalue weighted by atomic mass is 32.2. The van der Waals surface area contributed by atoms with Gasteiger partial charge in [-0.2, -0.15) is 0 Å². The Morgan fingerprint density at radius 1 is 1.00 bits per heavy atom. The Balaban J connectivity index is 1.58. The average molecular weight is 415 g/mol. The third-order valence-electron chi connectivity index (χ3n) is 6.04. The monoisotopic (exact) mass is 414 g/mol. The number of benzene rings is 2. The molecule has 2 aromatic carbocycles. The largest absolute Gasteiger partial charge is 0.349 e. The van der Waals surface area contributed by atoms with Crippen molar-refractivity contribution >= 4 is 15.9 Å². The van der Waals surface area contributed by atoms with E-state index in [1.165, 1.54) is 6.42 Å². The molecule has 0 spiro atoms. The minimum atomic E-state index is -3.56. The van der Waals surface area contributed by atoms with Gasteiger partial charge in [0.15, 0.2) is 0 Å². The first kappa shape index (κ1) is 21.5. The third-order valence-corrected chi connectivity index (χ3v) is 7.45. The lowest BCUT2D eigenvalue weighted by Gasteiger charge is -2.34. The van der Waals surface area contributed by atoms with Crippen LogP contribution in [0.25, 0.3) is 0 Å². The van der Waals surface area contributed by atoms with Gasteiger partial charge in [-0.1, -0.05) is 56.5 Å². The van der Waals surface area contributed by atoms with E-state index in [1.807, 2.05) is 6.92 Å². The van der Waals surface area contributed by atoms with Crippen molar-refractivity contribution in [2.75, 3.05) is 0 Å². The van der Waals surface area contributed by atoms with Crippen LogP contribution in [-0.4, -0.2) is 20.4 Å². The summed E-state index contributed by atoms with van der Waals surface area (Å²) >= 11 is 0. The number of sulfonamides is 1. The first-order chi connectivity index (χ1) is 13.8. The molecule has 0 unspecified atom stereocenters. The lowest BCUT2D eigenvalue weighted by atomic mass is 9.78. The maximum Gasteiger partial charge on any atom is 0.251 e. The fraction of sp³-hybridized carbons (Fsp3) is 0.435. The SMILES string of the molecule is Cc1ccc(S(=O)(=O)NCc2ccc(C(=O)N[C@@H]3CCC[C@@H](C)[C@H]3C)cc2)cc1. The molecule has 1 aliphatic carbocycles. The quantitative estimate of drug-likeness (QED) is 0.749. The molecule has 0 bridgehead atoms. The molecule has 1 fully saturated rings. The Hall–Kier alpha value is -2.18. The number of nitrogens with one attached hydrogen (secondary N) is 2.